The average Bonchev–Trinajstić information content (AvgIpc) is 3.26. The minimum atomic E-state index is -0.151. The van der Waals surface area contributed by atoms with Crippen molar-refractivity contribution in [3.8, 4) is 5.69 Å². The van der Waals surface area contributed by atoms with Crippen LogP contribution in [-0.2, 0) is 6.54 Å². The lowest BCUT2D eigenvalue weighted by atomic mass is 10.2. The van der Waals surface area contributed by atoms with E-state index in [1.54, 1.807) is 33.2 Å². The Labute approximate surface area is 144 Å². The van der Waals surface area contributed by atoms with E-state index in [1.165, 1.54) is 5.56 Å². The smallest absolute Gasteiger partial charge is 0.276 e. The summed E-state index contributed by atoms with van der Waals surface area (Å²) in [7, 11) is 0. The Morgan fingerprint density at radius 1 is 1.33 bits per heavy atom. The normalized spacial score (nSPS) is 10.5. The second-order valence-corrected chi connectivity index (χ2v) is 6.47. The van der Waals surface area contributed by atoms with Gasteiger partial charge in [-0.05, 0) is 30.5 Å². The Hall–Kier alpha value is -2.73. The van der Waals surface area contributed by atoms with Crippen LogP contribution in [0.1, 0.15) is 20.9 Å². The van der Waals surface area contributed by atoms with E-state index in [4.69, 9.17) is 0 Å². The Bertz CT molecular complexity index is 821. The third-order valence-corrected chi connectivity index (χ3v) is 4.44. The monoisotopic (exact) mass is 338 g/mol. The molecule has 0 unspecified atom stereocenters. The molecular formula is C18H18N4OS. The van der Waals surface area contributed by atoms with E-state index in [1.807, 2.05) is 48.7 Å². The van der Waals surface area contributed by atoms with Gasteiger partial charge in [0.15, 0.2) is 5.69 Å². The summed E-state index contributed by atoms with van der Waals surface area (Å²) in [6.45, 7) is 6.77. The van der Waals surface area contributed by atoms with E-state index in [9.17, 15) is 4.79 Å². The fourth-order valence-electron chi connectivity index (χ4n) is 2.31. The zero-order valence-corrected chi connectivity index (χ0v) is 14.2. The summed E-state index contributed by atoms with van der Waals surface area (Å²) in [5.41, 5.74) is 2.37. The molecule has 0 fully saturated rings. The molecule has 0 radical (unpaired) electrons. The van der Waals surface area contributed by atoms with Crippen LogP contribution in [0.4, 0.5) is 0 Å². The highest BCUT2D eigenvalue weighted by atomic mass is 32.1. The highest BCUT2D eigenvalue weighted by Crippen LogP contribution is 2.15. The molecule has 1 aromatic carbocycles. The van der Waals surface area contributed by atoms with Crippen molar-refractivity contribution in [3.63, 3.8) is 0 Å². The van der Waals surface area contributed by atoms with E-state index in [0.717, 1.165) is 10.6 Å². The van der Waals surface area contributed by atoms with Gasteiger partial charge in [0, 0.05) is 11.4 Å². The molecule has 0 saturated carbocycles. The van der Waals surface area contributed by atoms with Gasteiger partial charge in [-0.15, -0.1) is 23.0 Å². The van der Waals surface area contributed by atoms with Gasteiger partial charge in [-0.3, -0.25) is 4.79 Å². The van der Waals surface area contributed by atoms with E-state index >= 15 is 0 Å². The van der Waals surface area contributed by atoms with Gasteiger partial charge in [0.25, 0.3) is 5.91 Å². The molecule has 3 aromatic rings. The van der Waals surface area contributed by atoms with Crippen LogP contribution in [0.5, 0.6) is 0 Å². The predicted octanol–water partition coefficient (Wildman–Crippen LogP) is 3.47. The fraction of sp³-hybridized carbons (Fsp3) is 0.167. The first-order valence-electron chi connectivity index (χ1n) is 7.59. The van der Waals surface area contributed by atoms with Gasteiger partial charge in [0.1, 0.15) is 0 Å². The maximum atomic E-state index is 12.7. The Morgan fingerprint density at radius 2 is 2.12 bits per heavy atom. The number of amides is 1. The summed E-state index contributed by atoms with van der Waals surface area (Å²) in [5, 5.41) is 10.1. The quantitative estimate of drug-likeness (QED) is 0.647. The van der Waals surface area contributed by atoms with Crippen molar-refractivity contribution in [3.05, 3.63) is 76.8 Å². The van der Waals surface area contributed by atoms with Crippen molar-refractivity contribution in [1.82, 2.24) is 19.9 Å². The van der Waals surface area contributed by atoms with Gasteiger partial charge < -0.3 is 4.90 Å². The average molecular weight is 338 g/mol. The second-order valence-electron chi connectivity index (χ2n) is 5.44. The molecule has 5 nitrogen and oxygen atoms in total. The Balaban J connectivity index is 1.80. The minimum Gasteiger partial charge on any atom is -0.328 e. The largest absolute Gasteiger partial charge is 0.328 e. The number of carbonyl (C=O) groups is 1. The number of benzene rings is 1. The van der Waals surface area contributed by atoms with Gasteiger partial charge in [0.2, 0.25) is 0 Å². The second kappa shape index (κ2) is 7.23. The number of carbonyl (C=O) groups excluding carboxylic acids is 1. The molecule has 6 heteroatoms. The summed E-state index contributed by atoms with van der Waals surface area (Å²) < 4.78 is 1.61. The molecule has 0 saturated heterocycles. The molecule has 2 heterocycles. The van der Waals surface area contributed by atoms with Crippen LogP contribution in [0.15, 0.2) is 60.6 Å². The first-order valence-corrected chi connectivity index (χ1v) is 8.47. The number of thiophene rings is 1. The number of hydrogen-bond acceptors (Lipinski definition) is 4. The Morgan fingerprint density at radius 3 is 2.79 bits per heavy atom. The van der Waals surface area contributed by atoms with Crippen molar-refractivity contribution >= 4 is 17.2 Å². The summed E-state index contributed by atoms with van der Waals surface area (Å²) in [6, 6.07) is 11.9. The van der Waals surface area contributed by atoms with Gasteiger partial charge in [-0.1, -0.05) is 35.1 Å². The van der Waals surface area contributed by atoms with Gasteiger partial charge >= 0.3 is 0 Å². The molecule has 24 heavy (non-hydrogen) atoms. The summed E-state index contributed by atoms with van der Waals surface area (Å²) >= 11 is 1.62. The molecule has 0 spiro atoms. The lowest BCUT2D eigenvalue weighted by Crippen LogP contribution is -2.30. The van der Waals surface area contributed by atoms with Crippen molar-refractivity contribution in [1.29, 1.82) is 0 Å². The zero-order valence-electron chi connectivity index (χ0n) is 13.4. The van der Waals surface area contributed by atoms with Crippen LogP contribution in [0.25, 0.3) is 5.69 Å². The van der Waals surface area contributed by atoms with E-state index in [2.05, 4.69) is 16.9 Å². The summed E-state index contributed by atoms with van der Waals surface area (Å²) in [5.74, 6) is -0.151. The van der Waals surface area contributed by atoms with Crippen molar-refractivity contribution in [2.24, 2.45) is 0 Å². The highest BCUT2D eigenvalue weighted by Gasteiger charge is 2.19. The zero-order chi connectivity index (χ0) is 16.9. The molecule has 0 aliphatic heterocycles. The van der Waals surface area contributed by atoms with E-state index < -0.39 is 0 Å². The summed E-state index contributed by atoms with van der Waals surface area (Å²) in [6.07, 6.45) is 3.38. The highest BCUT2D eigenvalue weighted by molar-refractivity contribution is 7.09. The number of hydrogen-bond donors (Lipinski definition) is 0. The first-order chi connectivity index (χ1) is 11.7. The van der Waals surface area contributed by atoms with Crippen molar-refractivity contribution in [2.45, 2.75) is 13.5 Å². The van der Waals surface area contributed by atoms with Crippen LogP contribution in [0.2, 0.25) is 0 Å². The SMILES string of the molecule is C=CCN(Cc1cccs1)C(=O)c1cn(-c2ccc(C)cc2)nn1. The van der Waals surface area contributed by atoms with Gasteiger partial charge in [0.05, 0.1) is 18.4 Å². The Kier molecular flexibility index (Phi) is 4.86. The molecule has 3 rings (SSSR count). The fourth-order valence-corrected chi connectivity index (χ4v) is 3.03. The van der Waals surface area contributed by atoms with Crippen LogP contribution in [0.3, 0.4) is 0 Å². The van der Waals surface area contributed by atoms with Crippen LogP contribution >= 0.6 is 11.3 Å². The maximum Gasteiger partial charge on any atom is 0.276 e. The van der Waals surface area contributed by atoms with Crippen molar-refractivity contribution < 1.29 is 4.79 Å². The molecule has 0 aliphatic rings. The number of aryl methyl sites for hydroxylation is 1. The first kappa shape index (κ1) is 16.1. The third-order valence-electron chi connectivity index (χ3n) is 3.57. The lowest BCUT2D eigenvalue weighted by molar-refractivity contribution is 0.0758. The number of aromatic nitrogens is 3. The third kappa shape index (κ3) is 3.60. The minimum absolute atomic E-state index is 0.151. The standard InChI is InChI=1S/C18H18N4OS/c1-3-10-21(12-16-5-4-11-24-16)18(23)17-13-22(20-19-17)15-8-6-14(2)7-9-15/h3-9,11,13H,1,10,12H2,2H3. The van der Waals surface area contributed by atoms with E-state index in [-0.39, 0.29) is 5.91 Å². The topological polar surface area (TPSA) is 51.0 Å². The van der Waals surface area contributed by atoms with E-state index in [0.29, 0.717) is 18.8 Å². The molecule has 0 atom stereocenters. The van der Waals surface area contributed by atoms with Gasteiger partial charge in [-0.2, -0.15) is 0 Å². The lowest BCUT2D eigenvalue weighted by Gasteiger charge is -2.18. The molecule has 122 valence electrons. The molecule has 0 N–H and O–H groups in total. The molecule has 2 aromatic heterocycles. The summed E-state index contributed by atoms with van der Waals surface area (Å²) in [4.78, 5) is 15.6. The number of rotatable bonds is 6. The van der Waals surface area contributed by atoms with Crippen LogP contribution in [-0.4, -0.2) is 32.3 Å². The molecule has 0 bridgehead atoms. The van der Waals surface area contributed by atoms with Crippen molar-refractivity contribution in [2.75, 3.05) is 6.54 Å². The van der Waals surface area contributed by atoms with Crippen LogP contribution in [0, 0.1) is 6.92 Å². The molecule has 1 amide bonds. The molecule has 0 aliphatic carbocycles. The van der Waals surface area contributed by atoms with Gasteiger partial charge in [-0.25, -0.2) is 4.68 Å². The number of nitrogens with zero attached hydrogens (tertiary/aromatic N) is 4. The van der Waals surface area contributed by atoms with Crippen LogP contribution < -0.4 is 0 Å². The predicted molar refractivity (Wildman–Crippen MR) is 95.4 cm³/mol. The maximum absolute atomic E-state index is 12.7. The molecular weight excluding hydrogens is 320 g/mol.